The van der Waals surface area contributed by atoms with E-state index >= 15 is 0 Å². The molecule has 1 spiro atoms. The lowest BCUT2D eigenvalue weighted by Gasteiger charge is -2.41. The maximum Gasteiger partial charge on any atom is 0.219 e. The van der Waals surface area contributed by atoms with E-state index in [1.165, 1.54) is 0 Å². The Morgan fingerprint density at radius 3 is 2.74 bits per heavy atom. The highest BCUT2D eigenvalue weighted by molar-refractivity contribution is 7.91. The molecule has 0 radical (unpaired) electrons. The largest absolute Gasteiger partial charge is 0.381 e. The van der Waals surface area contributed by atoms with Gasteiger partial charge >= 0.3 is 0 Å². The second-order valence-electron chi connectivity index (χ2n) is 9.57. The zero-order valence-corrected chi connectivity index (χ0v) is 20.5. The first-order chi connectivity index (χ1) is 16.3. The van der Waals surface area contributed by atoms with Gasteiger partial charge in [-0.15, -0.1) is 0 Å². The summed E-state index contributed by atoms with van der Waals surface area (Å²) in [5.74, 6) is 0.857. The summed E-state index contributed by atoms with van der Waals surface area (Å²) >= 11 is 0. The Morgan fingerprint density at radius 1 is 1.26 bits per heavy atom. The molecule has 184 valence electrons. The summed E-state index contributed by atoms with van der Waals surface area (Å²) in [4.78, 5) is 22.2. The third-order valence-corrected chi connectivity index (χ3v) is 8.82. The smallest absolute Gasteiger partial charge is 0.219 e. The highest BCUT2D eigenvalue weighted by Gasteiger charge is 2.48. The van der Waals surface area contributed by atoms with Crippen molar-refractivity contribution < 1.29 is 18.0 Å². The van der Waals surface area contributed by atoms with Gasteiger partial charge in [-0.1, -0.05) is 6.92 Å². The fraction of sp³-hybridized carbons (Fsp3) is 0.609. The number of hydrogen-bond acceptors (Lipinski definition) is 8. The van der Waals surface area contributed by atoms with Crippen molar-refractivity contribution in [1.29, 1.82) is 0 Å². The third-order valence-electron chi connectivity index (χ3n) is 7.11. The molecule has 2 aromatic heterocycles. The number of aromatic nitrogens is 3. The average Bonchev–Trinajstić information content (AvgIpc) is 3.43. The van der Waals surface area contributed by atoms with Crippen molar-refractivity contribution in [2.75, 3.05) is 23.4 Å². The van der Waals surface area contributed by atoms with Crippen molar-refractivity contribution in [1.82, 2.24) is 25.6 Å². The van der Waals surface area contributed by atoms with Gasteiger partial charge in [0.05, 0.1) is 34.5 Å². The molecule has 3 N–H and O–H groups in total. The molecule has 2 aromatic rings. The minimum atomic E-state index is -2.94. The van der Waals surface area contributed by atoms with E-state index in [1.54, 1.807) is 0 Å². The summed E-state index contributed by atoms with van der Waals surface area (Å²) in [6.07, 6.45) is 9.08. The Kier molecular flexibility index (Phi) is 6.01. The Balaban J connectivity index is 1.39. The fourth-order valence-corrected chi connectivity index (χ4v) is 6.61. The summed E-state index contributed by atoms with van der Waals surface area (Å²) in [6, 6.07) is 0.0602. The summed E-state index contributed by atoms with van der Waals surface area (Å²) in [7, 11) is -2.94. The number of pyridine rings is 1. The van der Waals surface area contributed by atoms with Crippen LogP contribution in [0.25, 0.3) is 16.7 Å². The highest BCUT2D eigenvalue weighted by atomic mass is 32.2. The van der Waals surface area contributed by atoms with Crippen molar-refractivity contribution in [3.63, 3.8) is 0 Å². The molecule has 0 aromatic carbocycles. The van der Waals surface area contributed by atoms with Crippen LogP contribution in [0.5, 0.6) is 0 Å². The van der Waals surface area contributed by atoms with Gasteiger partial charge in [0.25, 0.3) is 0 Å². The number of aryl methyl sites for hydroxylation is 1. The molecule has 5 rings (SSSR count). The zero-order valence-electron chi connectivity index (χ0n) is 19.6. The summed E-state index contributed by atoms with van der Waals surface area (Å²) < 4.78 is 25.7. The number of carbonyl (C=O) groups is 1. The van der Waals surface area contributed by atoms with Crippen molar-refractivity contribution >= 4 is 38.2 Å². The second-order valence-corrected chi connectivity index (χ2v) is 11.9. The zero-order chi connectivity index (χ0) is 23.9. The standard InChI is InChI=1S/C23H32N6O4S/c1-3-20(30)24-12-15-9-23(10-15)11-19(28-33-23)17-13-25-22-18(14-26-29(22)4-2)21(17)27-16-5-7-34(31,32)8-6-16/h11,13-16,28H,3-10,12H2,1-2H3,(H,24,30)(H,25,27). The molecule has 0 unspecified atom stereocenters. The molecule has 0 bridgehead atoms. The molecule has 1 saturated heterocycles. The minimum Gasteiger partial charge on any atom is -0.381 e. The summed E-state index contributed by atoms with van der Waals surface area (Å²) in [5.41, 5.74) is 6.16. The Bertz CT molecular complexity index is 1220. The van der Waals surface area contributed by atoms with E-state index < -0.39 is 9.84 Å². The fourth-order valence-electron chi connectivity index (χ4n) is 5.11. The average molecular weight is 489 g/mol. The number of fused-ring (bicyclic) bond motifs is 1. The molecule has 1 aliphatic carbocycles. The number of sulfone groups is 1. The summed E-state index contributed by atoms with van der Waals surface area (Å²) in [5, 5.41) is 12.0. The number of hydrogen-bond donors (Lipinski definition) is 3. The maximum absolute atomic E-state index is 11.9. The van der Waals surface area contributed by atoms with Gasteiger partial charge in [-0.2, -0.15) is 5.10 Å². The lowest BCUT2D eigenvalue weighted by atomic mass is 9.70. The van der Waals surface area contributed by atoms with Crippen molar-refractivity contribution in [2.24, 2.45) is 5.92 Å². The van der Waals surface area contributed by atoms with E-state index in [0.717, 1.165) is 40.8 Å². The van der Waals surface area contributed by atoms with Gasteiger partial charge in [-0.05, 0) is 44.6 Å². The third kappa shape index (κ3) is 4.38. The van der Waals surface area contributed by atoms with Gasteiger partial charge < -0.3 is 10.6 Å². The van der Waals surface area contributed by atoms with Crippen LogP contribution in [-0.2, 0) is 26.0 Å². The molecule has 1 amide bonds. The first-order valence-corrected chi connectivity index (χ1v) is 13.9. The van der Waals surface area contributed by atoms with Crippen LogP contribution in [0.1, 0.15) is 51.5 Å². The second kappa shape index (κ2) is 8.84. The predicted octanol–water partition coefficient (Wildman–Crippen LogP) is 1.99. The number of amides is 1. The number of carbonyl (C=O) groups excluding carboxylic acids is 1. The number of rotatable bonds is 7. The van der Waals surface area contributed by atoms with Crippen LogP contribution in [0, 0.1) is 5.92 Å². The topological polar surface area (TPSA) is 127 Å². The van der Waals surface area contributed by atoms with Gasteiger partial charge in [0, 0.05) is 37.3 Å². The van der Waals surface area contributed by atoms with Crippen LogP contribution in [0.15, 0.2) is 18.5 Å². The lowest BCUT2D eigenvalue weighted by molar-refractivity contribution is -0.124. The van der Waals surface area contributed by atoms with Crippen molar-refractivity contribution in [3.05, 3.63) is 24.0 Å². The lowest BCUT2D eigenvalue weighted by Crippen LogP contribution is -2.48. The quantitative estimate of drug-likeness (QED) is 0.540. The molecule has 11 heteroatoms. The molecule has 4 heterocycles. The number of nitrogens with zero attached hydrogens (tertiary/aromatic N) is 3. The maximum atomic E-state index is 11.9. The highest BCUT2D eigenvalue weighted by Crippen LogP contribution is 2.46. The molecule has 2 fully saturated rings. The Morgan fingerprint density at radius 2 is 2.03 bits per heavy atom. The van der Waals surface area contributed by atoms with Crippen molar-refractivity contribution in [2.45, 2.75) is 64.1 Å². The SMILES string of the molecule is CCC(=O)NCC1CC2(C=C(c3cnc4c(cnn4CC)c3NC3CCS(=O)(=O)CC3)NO2)C1. The Labute approximate surface area is 199 Å². The van der Waals surface area contributed by atoms with Gasteiger partial charge in [0.2, 0.25) is 5.91 Å². The van der Waals surface area contributed by atoms with E-state index in [0.29, 0.717) is 38.3 Å². The molecular formula is C23H32N6O4S. The summed E-state index contributed by atoms with van der Waals surface area (Å²) in [6.45, 7) is 5.25. The monoisotopic (exact) mass is 488 g/mol. The van der Waals surface area contributed by atoms with Gasteiger partial charge in [-0.25, -0.2) is 18.1 Å². The van der Waals surface area contributed by atoms with Crippen LogP contribution < -0.4 is 16.1 Å². The van der Waals surface area contributed by atoms with E-state index in [-0.39, 0.29) is 29.1 Å². The molecule has 2 aliphatic heterocycles. The normalized spacial score (nSPS) is 23.4. The minimum absolute atomic E-state index is 0.0602. The van der Waals surface area contributed by atoms with E-state index in [2.05, 4.69) is 32.3 Å². The van der Waals surface area contributed by atoms with E-state index in [9.17, 15) is 13.2 Å². The van der Waals surface area contributed by atoms with Gasteiger partial charge in [0.1, 0.15) is 15.4 Å². The molecule has 34 heavy (non-hydrogen) atoms. The molecule has 0 atom stereocenters. The first kappa shape index (κ1) is 23.1. The van der Waals surface area contributed by atoms with Crippen LogP contribution in [0.4, 0.5) is 5.69 Å². The van der Waals surface area contributed by atoms with Gasteiger partial charge in [0.15, 0.2) is 5.65 Å². The van der Waals surface area contributed by atoms with Crippen LogP contribution >= 0.6 is 0 Å². The molecule has 1 saturated carbocycles. The molecule has 3 aliphatic rings. The molecule has 10 nitrogen and oxygen atoms in total. The number of anilines is 1. The van der Waals surface area contributed by atoms with Gasteiger partial charge in [-0.3, -0.25) is 15.1 Å². The van der Waals surface area contributed by atoms with Crippen LogP contribution in [0.3, 0.4) is 0 Å². The van der Waals surface area contributed by atoms with Crippen LogP contribution in [0.2, 0.25) is 0 Å². The predicted molar refractivity (Wildman–Crippen MR) is 129 cm³/mol. The van der Waals surface area contributed by atoms with Crippen molar-refractivity contribution in [3.8, 4) is 0 Å². The number of nitrogens with one attached hydrogen (secondary N) is 3. The van der Waals surface area contributed by atoms with E-state index in [1.807, 2.05) is 30.9 Å². The van der Waals surface area contributed by atoms with E-state index in [4.69, 9.17) is 4.84 Å². The van der Waals surface area contributed by atoms with Crippen LogP contribution in [-0.4, -0.2) is 58.8 Å². The molecular weight excluding hydrogens is 456 g/mol. The first-order valence-electron chi connectivity index (χ1n) is 12.1. The number of hydroxylamine groups is 1. The Hall–Kier alpha value is -2.66.